The van der Waals surface area contributed by atoms with E-state index < -0.39 is 0 Å². The summed E-state index contributed by atoms with van der Waals surface area (Å²) in [7, 11) is 0. The average molecular weight is 425 g/mol. The first-order chi connectivity index (χ1) is 14.4. The Balaban J connectivity index is 2.21. The predicted molar refractivity (Wildman–Crippen MR) is 123 cm³/mol. The summed E-state index contributed by atoms with van der Waals surface area (Å²) in [6.07, 6.45) is 15.0. The van der Waals surface area contributed by atoms with Gasteiger partial charge in [0.25, 0.3) is 0 Å². The van der Waals surface area contributed by atoms with Crippen LogP contribution in [-0.4, -0.2) is 25.2 Å². The number of hydrogen-bond acceptors (Lipinski definition) is 4. The molecule has 1 aliphatic carbocycles. The Hall–Kier alpha value is -1.06. The minimum atomic E-state index is -0.307. The second-order valence-corrected chi connectivity index (χ2v) is 10.0. The molecule has 1 saturated carbocycles. The van der Waals surface area contributed by atoms with Crippen molar-refractivity contribution in [3.63, 3.8) is 0 Å². The van der Waals surface area contributed by atoms with E-state index in [1.54, 1.807) is 0 Å². The minimum Gasteiger partial charge on any atom is -0.465 e. The third kappa shape index (κ3) is 12.6. The molecule has 0 aromatic heterocycles. The Morgan fingerprint density at radius 3 is 1.43 bits per heavy atom. The molecule has 1 rings (SSSR count). The van der Waals surface area contributed by atoms with Crippen molar-refractivity contribution in [2.45, 2.75) is 118 Å². The summed E-state index contributed by atoms with van der Waals surface area (Å²) in [6.45, 7) is 9.96. The van der Waals surface area contributed by atoms with Gasteiger partial charge in [0.15, 0.2) is 0 Å². The Kier molecular flexibility index (Phi) is 14.9. The van der Waals surface area contributed by atoms with Gasteiger partial charge in [0.05, 0.1) is 25.0 Å². The number of carbonyl (C=O) groups is 2. The van der Waals surface area contributed by atoms with Crippen molar-refractivity contribution in [3.05, 3.63) is 0 Å². The number of ether oxygens (including phenoxy) is 2. The summed E-state index contributed by atoms with van der Waals surface area (Å²) < 4.78 is 11.1. The maximum absolute atomic E-state index is 12.6. The molecule has 30 heavy (non-hydrogen) atoms. The van der Waals surface area contributed by atoms with Gasteiger partial charge in [-0.15, -0.1) is 0 Å². The molecule has 0 aromatic carbocycles. The number of carbonyl (C=O) groups excluding carboxylic acids is 2. The monoisotopic (exact) mass is 424 g/mol. The molecule has 0 amide bonds. The van der Waals surface area contributed by atoms with Crippen LogP contribution in [0.3, 0.4) is 0 Å². The lowest BCUT2D eigenvalue weighted by Gasteiger charge is -2.28. The lowest BCUT2D eigenvalue weighted by Crippen LogP contribution is -2.35. The number of unbranched alkanes of at least 4 members (excludes halogenated alkanes) is 6. The molecule has 0 saturated heterocycles. The molecule has 2 unspecified atom stereocenters. The van der Waals surface area contributed by atoms with E-state index in [2.05, 4.69) is 27.7 Å². The first kappa shape index (κ1) is 27.0. The zero-order valence-electron chi connectivity index (χ0n) is 20.3. The van der Waals surface area contributed by atoms with Gasteiger partial charge in [0.1, 0.15) is 0 Å². The third-order valence-electron chi connectivity index (χ3n) is 6.21. The molecular formula is C26H48O4. The van der Waals surface area contributed by atoms with Gasteiger partial charge >= 0.3 is 11.9 Å². The Labute approximate surface area is 185 Å². The molecule has 2 atom stereocenters. The largest absolute Gasteiger partial charge is 0.465 e. The Morgan fingerprint density at radius 1 is 0.633 bits per heavy atom. The normalized spacial score (nSPS) is 19.3. The lowest BCUT2D eigenvalue weighted by atomic mass is 9.79. The summed E-state index contributed by atoms with van der Waals surface area (Å²) in [4.78, 5) is 25.1. The van der Waals surface area contributed by atoms with Gasteiger partial charge < -0.3 is 9.47 Å². The fourth-order valence-electron chi connectivity index (χ4n) is 4.27. The van der Waals surface area contributed by atoms with Crippen molar-refractivity contribution in [2.75, 3.05) is 13.2 Å². The van der Waals surface area contributed by atoms with E-state index in [-0.39, 0.29) is 23.8 Å². The van der Waals surface area contributed by atoms with Crippen LogP contribution < -0.4 is 0 Å². The summed E-state index contributed by atoms with van der Waals surface area (Å²) in [5.41, 5.74) is 0. The van der Waals surface area contributed by atoms with Gasteiger partial charge in [-0.3, -0.25) is 9.59 Å². The Morgan fingerprint density at radius 2 is 1.00 bits per heavy atom. The molecule has 0 radical (unpaired) electrons. The van der Waals surface area contributed by atoms with Crippen LogP contribution in [-0.2, 0) is 19.1 Å². The Bertz CT molecular complexity index is 458. The number of esters is 2. The highest BCUT2D eigenvalue weighted by atomic mass is 16.5. The van der Waals surface area contributed by atoms with Crippen LogP contribution in [0.1, 0.15) is 118 Å². The van der Waals surface area contributed by atoms with E-state index >= 15 is 0 Å². The molecule has 0 bridgehead atoms. The minimum absolute atomic E-state index is 0.187. The standard InChI is InChI=1S/C26H48O4/c1-21(2)15-9-6-5-7-13-19-29-25(27)23-17-11-12-18-24(23)26(28)30-20-14-8-10-16-22(3)4/h21-24H,5-20H2,1-4H3. The maximum Gasteiger partial charge on any atom is 0.309 e. The summed E-state index contributed by atoms with van der Waals surface area (Å²) >= 11 is 0. The van der Waals surface area contributed by atoms with Crippen LogP contribution in [0.15, 0.2) is 0 Å². The fraction of sp³-hybridized carbons (Fsp3) is 0.923. The number of hydrogen-bond donors (Lipinski definition) is 0. The molecule has 0 aromatic rings. The van der Waals surface area contributed by atoms with Gasteiger partial charge in [-0.1, -0.05) is 91.9 Å². The van der Waals surface area contributed by atoms with E-state index in [0.717, 1.165) is 63.2 Å². The van der Waals surface area contributed by atoms with Crippen molar-refractivity contribution in [1.29, 1.82) is 0 Å². The topological polar surface area (TPSA) is 52.6 Å². The van der Waals surface area contributed by atoms with E-state index in [1.807, 2.05) is 0 Å². The highest BCUT2D eigenvalue weighted by Crippen LogP contribution is 2.32. The van der Waals surface area contributed by atoms with Crippen LogP contribution in [0.4, 0.5) is 0 Å². The van der Waals surface area contributed by atoms with Crippen molar-refractivity contribution in [3.8, 4) is 0 Å². The smallest absolute Gasteiger partial charge is 0.309 e. The first-order valence-electron chi connectivity index (χ1n) is 12.7. The van der Waals surface area contributed by atoms with Crippen LogP contribution in [0.2, 0.25) is 0 Å². The predicted octanol–water partition coefficient (Wildman–Crippen LogP) is 7.09. The molecule has 4 heteroatoms. The summed E-state index contributed by atoms with van der Waals surface area (Å²) in [6, 6.07) is 0. The highest BCUT2D eigenvalue weighted by Gasteiger charge is 2.37. The molecule has 0 N–H and O–H groups in total. The van der Waals surface area contributed by atoms with Gasteiger partial charge in [-0.05, 0) is 37.5 Å². The van der Waals surface area contributed by atoms with Crippen molar-refractivity contribution < 1.29 is 19.1 Å². The van der Waals surface area contributed by atoms with E-state index in [4.69, 9.17) is 9.47 Å². The summed E-state index contributed by atoms with van der Waals surface area (Å²) in [5.74, 6) is 0.521. The molecule has 0 heterocycles. The second-order valence-electron chi connectivity index (χ2n) is 10.0. The third-order valence-corrected chi connectivity index (χ3v) is 6.21. The van der Waals surface area contributed by atoms with Crippen molar-refractivity contribution in [2.24, 2.45) is 23.7 Å². The van der Waals surface area contributed by atoms with Crippen molar-refractivity contribution >= 4 is 11.9 Å². The summed E-state index contributed by atoms with van der Waals surface area (Å²) in [5, 5.41) is 0. The van der Waals surface area contributed by atoms with Gasteiger partial charge in [-0.2, -0.15) is 0 Å². The van der Waals surface area contributed by atoms with Crippen LogP contribution in [0.5, 0.6) is 0 Å². The second kappa shape index (κ2) is 16.6. The van der Waals surface area contributed by atoms with Crippen LogP contribution in [0, 0.1) is 23.7 Å². The molecule has 0 aliphatic heterocycles. The molecule has 1 aliphatic rings. The highest BCUT2D eigenvalue weighted by molar-refractivity contribution is 5.82. The molecule has 0 spiro atoms. The van der Waals surface area contributed by atoms with Crippen LogP contribution in [0.25, 0.3) is 0 Å². The quantitative estimate of drug-likeness (QED) is 0.196. The first-order valence-corrected chi connectivity index (χ1v) is 12.7. The van der Waals surface area contributed by atoms with E-state index in [9.17, 15) is 9.59 Å². The molecule has 1 fully saturated rings. The number of rotatable bonds is 16. The van der Waals surface area contributed by atoms with Gasteiger partial charge in [0.2, 0.25) is 0 Å². The maximum atomic E-state index is 12.6. The average Bonchev–Trinajstić information content (AvgIpc) is 2.71. The lowest BCUT2D eigenvalue weighted by molar-refractivity contribution is -0.163. The molecule has 176 valence electrons. The zero-order chi connectivity index (χ0) is 22.2. The SMILES string of the molecule is CC(C)CCCCCCCOC(=O)C1CCCCC1C(=O)OCCCCCC(C)C. The molecule has 4 nitrogen and oxygen atoms in total. The zero-order valence-corrected chi connectivity index (χ0v) is 20.3. The van der Waals surface area contributed by atoms with Gasteiger partial charge in [0, 0.05) is 0 Å². The van der Waals surface area contributed by atoms with Crippen molar-refractivity contribution in [1.82, 2.24) is 0 Å². The van der Waals surface area contributed by atoms with E-state index in [0.29, 0.717) is 13.2 Å². The van der Waals surface area contributed by atoms with E-state index in [1.165, 1.54) is 38.5 Å². The molecular weight excluding hydrogens is 376 g/mol. The van der Waals surface area contributed by atoms with Gasteiger partial charge in [-0.25, -0.2) is 0 Å². The fourth-order valence-corrected chi connectivity index (χ4v) is 4.27. The van der Waals surface area contributed by atoms with Crippen LogP contribution >= 0.6 is 0 Å².